The molecule has 6 nitrogen and oxygen atoms in total. The molecule has 9 heteroatoms. The zero-order valence-corrected chi connectivity index (χ0v) is 15.5. The number of rotatable bonds is 4. The van der Waals surface area contributed by atoms with E-state index in [0.29, 0.717) is 24.9 Å². The molecule has 0 bridgehead atoms. The molecule has 4 atom stereocenters. The van der Waals surface area contributed by atoms with E-state index in [1.165, 1.54) is 25.1 Å². The molecule has 1 aromatic carbocycles. The highest BCUT2D eigenvalue weighted by atomic mass is 35.5. The topological polar surface area (TPSA) is 92.5 Å². The summed E-state index contributed by atoms with van der Waals surface area (Å²) in [4.78, 5) is 13.8. The van der Waals surface area contributed by atoms with Crippen molar-refractivity contribution in [2.45, 2.75) is 36.7 Å². The van der Waals surface area contributed by atoms with Gasteiger partial charge in [0, 0.05) is 19.1 Å². The number of nitrogens with zero attached hydrogens (tertiary/aromatic N) is 1. The van der Waals surface area contributed by atoms with Crippen LogP contribution in [0.25, 0.3) is 0 Å². The molecule has 3 unspecified atom stereocenters. The lowest BCUT2D eigenvalue weighted by molar-refractivity contribution is -0.131. The quantitative estimate of drug-likeness (QED) is 0.804. The fourth-order valence-corrected chi connectivity index (χ4v) is 5.05. The lowest BCUT2D eigenvalue weighted by Crippen LogP contribution is -2.46. The maximum Gasteiger partial charge on any atom is 0.244 e. The largest absolute Gasteiger partial charge is 0.341 e. The summed E-state index contributed by atoms with van der Waals surface area (Å²) in [5, 5.41) is 0. The number of hydrogen-bond donors (Lipinski definition) is 2. The zero-order valence-electron chi connectivity index (χ0n) is 13.9. The molecule has 1 saturated carbocycles. The average molecular weight is 392 g/mol. The maximum atomic E-state index is 13.7. The van der Waals surface area contributed by atoms with Gasteiger partial charge in [0.2, 0.25) is 15.9 Å². The molecule has 0 aromatic heterocycles. The molecule has 3 N–H and O–H groups in total. The number of fused-ring (bicyclic) bond motifs is 1. The number of halogens is 2. The van der Waals surface area contributed by atoms with E-state index in [0.717, 1.165) is 18.9 Å². The molecule has 1 aromatic rings. The number of amides is 1. The number of carbonyl (C=O) groups excluding carboxylic acids is 1. The Hall–Kier alpha value is -1.22. The van der Waals surface area contributed by atoms with Crippen LogP contribution in [0.1, 0.15) is 19.8 Å². The van der Waals surface area contributed by atoms with Gasteiger partial charge in [-0.15, -0.1) is 12.4 Å². The lowest BCUT2D eigenvalue weighted by Gasteiger charge is -2.23. The van der Waals surface area contributed by atoms with Crippen LogP contribution in [0.4, 0.5) is 4.39 Å². The van der Waals surface area contributed by atoms with Gasteiger partial charge < -0.3 is 10.6 Å². The van der Waals surface area contributed by atoms with Crippen molar-refractivity contribution in [2.75, 3.05) is 13.1 Å². The van der Waals surface area contributed by atoms with Gasteiger partial charge in [-0.2, -0.15) is 4.72 Å². The SMILES string of the molecule is C[C@H](NS(=O)(=O)c1ccccc1F)C(=O)N1CC2CCC(N)C2C1.Cl. The van der Waals surface area contributed by atoms with E-state index in [4.69, 9.17) is 5.73 Å². The number of nitrogens with one attached hydrogen (secondary N) is 1. The Balaban J connectivity index is 0.00000225. The second kappa shape index (κ2) is 7.57. The summed E-state index contributed by atoms with van der Waals surface area (Å²) in [6.07, 6.45) is 1.98. The monoisotopic (exact) mass is 391 g/mol. The molecule has 1 heterocycles. The number of benzene rings is 1. The smallest absolute Gasteiger partial charge is 0.244 e. The molecule has 1 saturated heterocycles. The minimum absolute atomic E-state index is 0. The normalized spacial score (nSPS) is 26.8. The third kappa shape index (κ3) is 3.97. The standard InChI is InChI=1S/C16H22FN3O3S.ClH/c1-10(19-24(22,23)15-5-3-2-4-13(15)17)16(21)20-8-11-6-7-14(18)12(11)9-20;/h2-5,10-12,14,19H,6-9,18H2,1H3;1H/t10-,11?,12?,14?;/m0./s1. The van der Waals surface area contributed by atoms with E-state index in [9.17, 15) is 17.6 Å². The van der Waals surface area contributed by atoms with Gasteiger partial charge in [0.15, 0.2) is 0 Å². The van der Waals surface area contributed by atoms with Gasteiger partial charge in [-0.25, -0.2) is 12.8 Å². The van der Waals surface area contributed by atoms with Crippen LogP contribution >= 0.6 is 12.4 Å². The van der Waals surface area contributed by atoms with Crippen LogP contribution in [0, 0.1) is 17.7 Å². The molecule has 0 spiro atoms. The summed E-state index contributed by atoms with van der Waals surface area (Å²) in [5.41, 5.74) is 6.06. The van der Waals surface area contributed by atoms with Gasteiger partial charge in [-0.1, -0.05) is 12.1 Å². The first-order valence-corrected chi connectivity index (χ1v) is 9.59. The highest BCUT2D eigenvalue weighted by molar-refractivity contribution is 7.89. The molecule has 2 fully saturated rings. The van der Waals surface area contributed by atoms with Crippen molar-refractivity contribution >= 4 is 28.3 Å². The molecule has 1 aliphatic heterocycles. The summed E-state index contributed by atoms with van der Waals surface area (Å²) in [5.74, 6) is -0.438. The summed E-state index contributed by atoms with van der Waals surface area (Å²) in [6, 6.07) is 4.25. The van der Waals surface area contributed by atoms with Gasteiger partial charge in [0.1, 0.15) is 10.7 Å². The summed E-state index contributed by atoms with van der Waals surface area (Å²) < 4.78 is 40.6. The van der Waals surface area contributed by atoms with Crippen LogP contribution in [-0.2, 0) is 14.8 Å². The van der Waals surface area contributed by atoms with Crippen molar-refractivity contribution in [3.05, 3.63) is 30.1 Å². The molecule has 1 amide bonds. The predicted octanol–water partition coefficient (Wildman–Crippen LogP) is 1.11. The first-order valence-electron chi connectivity index (χ1n) is 8.11. The molecular formula is C16H23ClFN3O3S. The third-order valence-corrected chi connectivity index (χ3v) is 6.63. The first-order chi connectivity index (χ1) is 11.3. The van der Waals surface area contributed by atoms with Crippen molar-refractivity contribution in [3.63, 3.8) is 0 Å². The van der Waals surface area contributed by atoms with E-state index >= 15 is 0 Å². The number of hydrogen-bond acceptors (Lipinski definition) is 4. The van der Waals surface area contributed by atoms with E-state index in [-0.39, 0.29) is 24.4 Å². The third-order valence-electron chi connectivity index (χ3n) is 5.05. The molecular weight excluding hydrogens is 369 g/mol. The fourth-order valence-electron chi connectivity index (χ4n) is 3.77. The summed E-state index contributed by atoms with van der Waals surface area (Å²) >= 11 is 0. The Morgan fingerprint density at radius 1 is 1.32 bits per heavy atom. The van der Waals surface area contributed by atoms with Crippen molar-refractivity contribution in [2.24, 2.45) is 17.6 Å². The Bertz CT molecular complexity index is 746. The van der Waals surface area contributed by atoms with Gasteiger partial charge in [0.05, 0.1) is 6.04 Å². The highest BCUT2D eigenvalue weighted by Gasteiger charge is 2.43. The number of carbonyl (C=O) groups is 1. The second-order valence-corrected chi connectivity index (χ2v) is 8.36. The Kier molecular flexibility index (Phi) is 6.09. The van der Waals surface area contributed by atoms with Crippen LogP contribution in [0.15, 0.2) is 29.2 Å². The van der Waals surface area contributed by atoms with Gasteiger partial charge in [-0.05, 0) is 43.7 Å². The lowest BCUT2D eigenvalue weighted by atomic mass is 9.98. The molecule has 2 aliphatic rings. The van der Waals surface area contributed by atoms with Gasteiger partial charge in [-0.3, -0.25) is 4.79 Å². The zero-order chi connectivity index (χ0) is 17.5. The second-order valence-electron chi connectivity index (χ2n) is 6.68. The number of likely N-dealkylation sites (tertiary alicyclic amines) is 1. The Labute approximate surface area is 153 Å². The Morgan fingerprint density at radius 2 is 2.00 bits per heavy atom. The van der Waals surface area contributed by atoms with E-state index < -0.39 is 26.8 Å². The first kappa shape index (κ1) is 20.1. The molecule has 0 radical (unpaired) electrons. The fraction of sp³-hybridized carbons (Fsp3) is 0.562. The minimum Gasteiger partial charge on any atom is -0.341 e. The van der Waals surface area contributed by atoms with Crippen LogP contribution in [-0.4, -0.2) is 44.4 Å². The van der Waals surface area contributed by atoms with Crippen molar-refractivity contribution in [1.82, 2.24) is 9.62 Å². The van der Waals surface area contributed by atoms with Crippen LogP contribution in [0.5, 0.6) is 0 Å². The molecule has 140 valence electrons. The molecule has 1 aliphatic carbocycles. The van der Waals surface area contributed by atoms with E-state index in [2.05, 4.69) is 4.72 Å². The van der Waals surface area contributed by atoms with Crippen LogP contribution in [0.2, 0.25) is 0 Å². The maximum absolute atomic E-state index is 13.7. The van der Waals surface area contributed by atoms with Crippen LogP contribution in [0.3, 0.4) is 0 Å². The number of nitrogens with two attached hydrogens (primary N) is 1. The Morgan fingerprint density at radius 3 is 2.64 bits per heavy atom. The van der Waals surface area contributed by atoms with Crippen molar-refractivity contribution in [3.8, 4) is 0 Å². The molecule has 3 rings (SSSR count). The predicted molar refractivity (Wildman–Crippen MR) is 94.2 cm³/mol. The summed E-state index contributed by atoms with van der Waals surface area (Å²) in [6.45, 7) is 2.66. The van der Waals surface area contributed by atoms with Gasteiger partial charge in [0.25, 0.3) is 0 Å². The van der Waals surface area contributed by atoms with E-state index in [1.54, 1.807) is 4.90 Å². The summed E-state index contributed by atoms with van der Waals surface area (Å²) in [7, 11) is -4.09. The van der Waals surface area contributed by atoms with Crippen LogP contribution < -0.4 is 10.5 Å². The van der Waals surface area contributed by atoms with Crippen molar-refractivity contribution in [1.29, 1.82) is 0 Å². The average Bonchev–Trinajstić information content (AvgIpc) is 3.09. The van der Waals surface area contributed by atoms with E-state index in [1.807, 2.05) is 0 Å². The van der Waals surface area contributed by atoms with Gasteiger partial charge >= 0.3 is 0 Å². The minimum atomic E-state index is -4.09. The molecule has 25 heavy (non-hydrogen) atoms. The van der Waals surface area contributed by atoms with Crippen molar-refractivity contribution < 1.29 is 17.6 Å². The highest BCUT2D eigenvalue weighted by Crippen LogP contribution is 2.37. The number of sulfonamides is 1.